The van der Waals surface area contributed by atoms with Crippen LogP contribution in [0.3, 0.4) is 0 Å². The topological polar surface area (TPSA) is 77.7 Å². The van der Waals surface area contributed by atoms with Crippen LogP contribution in [0.5, 0.6) is 0 Å². The molecule has 0 unspecified atom stereocenters. The highest BCUT2D eigenvalue weighted by Gasteiger charge is 2.40. The lowest BCUT2D eigenvalue weighted by Gasteiger charge is -2.38. The van der Waals surface area contributed by atoms with E-state index in [-0.39, 0.29) is 5.79 Å². The molecule has 0 radical (unpaired) electrons. The predicted octanol–water partition coefficient (Wildman–Crippen LogP) is 1.02. The van der Waals surface area contributed by atoms with Crippen molar-refractivity contribution in [2.24, 2.45) is 0 Å². The molecule has 8 heteroatoms. The SMILES string of the molecule is c1ccc2c(c1)c(N1CCC3(CC1)OCCO3)nn1nnnc21. The lowest BCUT2D eigenvalue weighted by molar-refractivity contribution is -0.169. The summed E-state index contributed by atoms with van der Waals surface area (Å²) in [6.07, 6.45) is 1.69. The summed E-state index contributed by atoms with van der Waals surface area (Å²) in [6.45, 7) is 3.06. The number of piperidine rings is 1. The molecule has 0 N–H and O–H groups in total. The molecule has 0 aliphatic carbocycles. The van der Waals surface area contributed by atoms with E-state index in [0.717, 1.165) is 42.5 Å². The highest BCUT2D eigenvalue weighted by Crippen LogP contribution is 2.35. The molecule has 2 fully saturated rings. The number of tetrazole rings is 1. The number of nitrogens with zero attached hydrogens (tertiary/aromatic N) is 6. The Morgan fingerprint density at radius 1 is 1.00 bits per heavy atom. The van der Waals surface area contributed by atoms with Gasteiger partial charge in [-0.1, -0.05) is 24.3 Å². The van der Waals surface area contributed by atoms with Gasteiger partial charge in [-0.15, -0.1) is 14.8 Å². The zero-order chi connectivity index (χ0) is 15.3. The molecule has 0 saturated carbocycles. The molecule has 0 atom stereocenters. The van der Waals surface area contributed by atoms with Gasteiger partial charge in [0.25, 0.3) is 0 Å². The molecule has 0 bridgehead atoms. The van der Waals surface area contributed by atoms with E-state index in [1.54, 1.807) is 0 Å². The van der Waals surface area contributed by atoms with Crippen molar-refractivity contribution in [3.8, 4) is 0 Å². The van der Waals surface area contributed by atoms with Crippen LogP contribution in [0, 0.1) is 0 Å². The summed E-state index contributed by atoms with van der Waals surface area (Å²) in [5, 5.41) is 18.5. The van der Waals surface area contributed by atoms with Crippen LogP contribution in [-0.2, 0) is 9.47 Å². The fourth-order valence-corrected chi connectivity index (χ4v) is 3.51. The van der Waals surface area contributed by atoms with Crippen molar-refractivity contribution in [2.75, 3.05) is 31.2 Å². The molecule has 2 aliphatic heterocycles. The van der Waals surface area contributed by atoms with Gasteiger partial charge in [-0.3, -0.25) is 0 Å². The van der Waals surface area contributed by atoms with Crippen molar-refractivity contribution < 1.29 is 9.47 Å². The third-order valence-corrected chi connectivity index (χ3v) is 4.69. The number of hydrogen-bond donors (Lipinski definition) is 0. The van der Waals surface area contributed by atoms with E-state index in [1.165, 1.54) is 4.63 Å². The maximum atomic E-state index is 5.80. The van der Waals surface area contributed by atoms with Crippen molar-refractivity contribution in [1.29, 1.82) is 0 Å². The van der Waals surface area contributed by atoms with E-state index >= 15 is 0 Å². The highest BCUT2D eigenvalue weighted by atomic mass is 16.7. The predicted molar refractivity (Wildman–Crippen MR) is 82.2 cm³/mol. The van der Waals surface area contributed by atoms with Crippen LogP contribution in [0.25, 0.3) is 16.4 Å². The smallest absolute Gasteiger partial charge is 0.207 e. The summed E-state index contributed by atoms with van der Waals surface area (Å²) >= 11 is 0. The number of benzene rings is 1. The van der Waals surface area contributed by atoms with Gasteiger partial charge in [0.1, 0.15) is 0 Å². The van der Waals surface area contributed by atoms with E-state index in [1.807, 2.05) is 18.2 Å². The van der Waals surface area contributed by atoms with Gasteiger partial charge < -0.3 is 14.4 Å². The quantitative estimate of drug-likeness (QED) is 0.663. The van der Waals surface area contributed by atoms with Crippen LogP contribution >= 0.6 is 0 Å². The van der Waals surface area contributed by atoms with Crippen LogP contribution in [0.4, 0.5) is 5.82 Å². The molecule has 0 amide bonds. The summed E-state index contributed by atoms with van der Waals surface area (Å²) in [5.74, 6) is 0.527. The van der Waals surface area contributed by atoms with Gasteiger partial charge in [-0.25, -0.2) is 0 Å². The normalized spacial score (nSPS) is 20.8. The van der Waals surface area contributed by atoms with E-state index in [0.29, 0.717) is 18.9 Å². The lowest BCUT2D eigenvalue weighted by Crippen LogP contribution is -2.45. The van der Waals surface area contributed by atoms with Gasteiger partial charge in [0.15, 0.2) is 11.6 Å². The summed E-state index contributed by atoms with van der Waals surface area (Å²) < 4.78 is 13.1. The number of rotatable bonds is 1. The van der Waals surface area contributed by atoms with E-state index in [4.69, 9.17) is 9.47 Å². The Bertz CT molecular complexity index is 863. The van der Waals surface area contributed by atoms with Crippen LogP contribution in [-0.4, -0.2) is 57.3 Å². The third-order valence-electron chi connectivity index (χ3n) is 4.69. The van der Waals surface area contributed by atoms with Crippen LogP contribution in [0.2, 0.25) is 0 Å². The standard InChI is InChI=1S/C15H16N6O2/c1-2-4-12-11(3-1)13-16-18-19-21(13)17-14(12)20-7-5-15(6-8-20)22-9-10-23-15/h1-4H,5-10H2. The third kappa shape index (κ3) is 1.98. The Kier molecular flexibility index (Phi) is 2.77. The van der Waals surface area contributed by atoms with Gasteiger partial charge >= 0.3 is 0 Å². The first-order valence-corrected chi connectivity index (χ1v) is 7.85. The fourth-order valence-electron chi connectivity index (χ4n) is 3.51. The molecule has 1 aromatic carbocycles. The first-order chi connectivity index (χ1) is 11.3. The van der Waals surface area contributed by atoms with E-state index < -0.39 is 0 Å². The zero-order valence-electron chi connectivity index (χ0n) is 12.6. The number of hydrogen-bond acceptors (Lipinski definition) is 7. The van der Waals surface area contributed by atoms with Crippen molar-refractivity contribution in [3.63, 3.8) is 0 Å². The fraction of sp³-hybridized carbons (Fsp3) is 0.467. The summed E-state index contributed by atoms with van der Waals surface area (Å²) in [4.78, 5) is 2.26. The second kappa shape index (κ2) is 4.84. The Balaban J connectivity index is 1.57. The molecule has 8 nitrogen and oxygen atoms in total. The monoisotopic (exact) mass is 312 g/mol. The van der Waals surface area contributed by atoms with Crippen molar-refractivity contribution >= 4 is 22.2 Å². The summed E-state index contributed by atoms with van der Waals surface area (Å²) in [5.41, 5.74) is 0.681. The average Bonchev–Trinajstić information content (AvgIpc) is 3.25. The Morgan fingerprint density at radius 3 is 2.52 bits per heavy atom. The molecule has 118 valence electrons. The molecule has 23 heavy (non-hydrogen) atoms. The average molecular weight is 312 g/mol. The van der Waals surface area contributed by atoms with Crippen LogP contribution in [0.15, 0.2) is 24.3 Å². The van der Waals surface area contributed by atoms with E-state index in [2.05, 4.69) is 31.6 Å². The minimum Gasteiger partial charge on any atom is -0.354 e. The Hall–Kier alpha value is -2.32. The largest absolute Gasteiger partial charge is 0.354 e. The van der Waals surface area contributed by atoms with Gasteiger partial charge in [-0.2, -0.15) is 0 Å². The molecule has 4 heterocycles. The number of anilines is 1. The van der Waals surface area contributed by atoms with Gasteiger partial charge in [0.05, 0.1) is 13.2 Å². The van der Waals surface area contributed by atoms with Crippen molar-refractivity contribution in [3.05, 3.63) is 24.3 Å². The zero-order valence-corrected chi connectivity index (χ0v) is 12.6. The molecular weight excluding hydrogens is 296 g/mol. The molecule has 3 aromatic rings. The highest BCUT2D eigenvalue weighted by molar-refractivity contribution is 5.99. The summed E-state index contributed by atoms with van der Waals surface area (Å²) in [6, 6.07) is 8.11. The molecule has 2 aromatic heterocycles. The number of fused-ring (bicyclic) bond motifs is 3. The second-order valence-corrected chi connectivity index (χ2v) is 5.96. The Labute approximate surface area is 132 Å². The van der Waals surface area contributed by atoms with Gasteiger partial charge in [0, 0.05) is 36.7 Å². The van der Waals surface area contributed by atoms with Crippen LogP contribution in [0.1, 0.15) is 12.8 Å². The van der Waals surface area contributed by atoms with Crippen molar-refractivity contribution in [2.45, 2.75) is 18.6 Å². The first-order valence-electron chi connectivity index (χ1n) is 7.85. The molecule has 2 saturated heterocycles. The van der Waals surface area contributed by atoms with Gasteiger partial charge in [0.2, 0.25) is 5.65 Å². The maximum Gasteiger partial charge on any atom is 0.207 e. The van der Waals surface area contributed by atoms with E-state index in [9.17, 15) is 0 Å². The maximum absolute atomic E-state index is 5.80. The minimum absolute atomic E-state index is 0.384. The Morgan fingerprint density at radius 2 is 1.74 bits per heavy atom. The van der Waals surface area contributed by atoms with Crippen LogP contribution < -0.4 is 4.90 Å². The molecule has 5 rings (SSSR count). The second-order valence-electron chi connectivity index (χ2n) is 5.96. The van der Waals surface area contributed by atoms with Gasteiger partial charge in [-0.05, 0) is 10.4 Å². The lowest BCUT2D eigenvalue weighted by atomic mass is 10.0. The molecular formula is C15H16N6O2. The minimum atomic E-state index is -0.384. The molecule has 2 aliphatic rings. The first kappa shape index (κ1) is 13.1. The van der Waals surface area contributed by atoms with Crippen molar-refractivity contribution in [1.82, 2.24) is 25.3 Å². The summed E-state index contributed by atoms with van der Waals surface area (Å²) in [7, 11) is 0. The number of ether oxygens (including phenoxy) is 2. The molecule has 1 spiro atoms. The number of aromatic nitrogens is 5.